The lowest BCUT2D eigenvalue weighted by atomic mass is 10.3. The molecule has 0 unspecified atom stereocenters. The smallest absolute Gasteiger partial charge is 0.0146 e. The van der Waals surface area contributed by atoms with Crippen LogP contribution in [0.15, 0.2) is 0 Å². The minimum absolute atomic E-state index is 1.32. The molecule has 0 spiro atoms. The van der Waals surface area contributed by atoms with Crippen LogP contribution in [0, 0.1) is 0 Å². The van der Waals surface area contributed by atoms with Gasteiger partial charge in [-0.1, -0.05) is 0 Å². The number of hydrogen-bond donors (Lipinski definition) is 0. The molecule has 2 heteroatoms. The quantitative estimate of drug-likeness (QED) is 0.510. The largest absolute Gasteiger partial charge is 0.242 e. The third-order valence-electron chi connectivity index (χ3n) is 2.31. The first-order valence-electron chi connectivity index (χ1n) is 3.96. The number of hydrazine groups is 1. The van der Waals surface area contributed by atoms with E-state index in [-0.39, 0.29) is 0 Å². The number of rotatable bonds is 1. The van der Waals surface area contributed by atoms with Gasteiger partial charge in [0.05, 0.1) is 0 Å². The fraction of sp³-hybridized carbons (Fsp3) is 1.00. The molecule has 2 aliphatic rings. The molecule has 9 heavy (non-hydrogen) atoms. The Labute approximate surface area is 56.4 Å². The predicted molar refractivity (Wildman–Crippen MR) is 37.0 cm³/mol. The summed E-state index contributed by atoms with van der Waals surface area (Å²) in [5.74, 6) is 0. The molecule has 0 aromatic rings. The summed E-state index contributed by atoms with van der Waals surface area (Å²) in [5, 5.41) is 4.98. The maximum absolute atomic E-state index is 2.50. The highest BCUT2D eigenvalue weighted by Crippen LogP contribution is 2.16. The molecule has 0 radical (unpaired) electrons. The van der Waals surface area contributed by atoms with Crippen molar-refractivity contribution in [3.63, 3.8) is 0 Å². The van der Waals surface area contributed by atoms with E-state index in [4.69, 9.17) is 0 Å². The molecular formula is C7H14N2. The maximum atomic E-state index is 2.50. The van der Waals surface area contributed by atoms with Gasteiger partial charge in [0.15, 0.2) is 0 Å². The van der Waals surface area contributed by atoms with E-state index in [0.717, 1.165) is 0 Å². The van der Waals surface area contributed by atoms with Crippen molar-refractivity contribution in [2.45, 2.75) is 19.3 Å². The van der Waals surface area contributed by atoms with Crippen LogP contribution in [0.25, 0.3) is 0 Å². The Bertz CT molecular complexity index is 93.1. The van der Waals surface area contributed by atoms with Gasteiger partial charge in [0.2, 0.25) is 0 Å². The highest BCUT2D eigenvalue weighted by molar-refractivity contribution is 4.71. The van der Waals surface area contributed by atoms with E-state index >= 15 is 0 Å². The first-order chi connectivity index (χ1) is 4.47. The summed E-state index contributed by atoms with van der Waals surface area (Å²) in [6, 6.07) is 0. The van der Waals surface area contributed by atoms with Crippen LogP contribution in [0.2, 0.25) is 0 Å². The minimum Gasteiger partial charge on any atom is -0.242 e. The minimum atomic E-state index is 1.32. The Hall–Kier alpha value is -0.0800. The van der Waals surface area contributed by atoms with Crippen LogP contribution >= 0.6 is 0 Å². The van der Waals surface area contributed by atoms with Gasteiger partial charge in [0.25, 0.3) is 0 Å². The van der Waals surface area contributed by atoms with Gasteiger partial charge in [-0.3, -0.25) is 0 Å². The monoisotopic (exact) mass is 126 g/mol. The van der Waals surface area contributed by atoms with Crippen LogP contribution in [0.5, 0.6) is 0 Å². The molecule has 0 saturated carbocycles. The summed E-state index contributed by atoms with van der Waals surface area (Å²) in [5.41, 5.74) is 0. The average molecular weight is 126 g/mol. The van der Waals surface area contributed by atoms with E-state index in [1.165, 1.54) is 45.4 Å². The molecule has 0 atom stereocenters. The molecule has 2 nitrogen and oxygen atoms in total. The van der Waals surface area contributed by atoms with E-state index in [2.05, 4.69) is 10.0 Å². The summed E-state index contributed by atoms with van der Waals surface area (Å²) >= 11 is 0. The van der Waals surface area contributed by atoms with Crippen molar-refractivity contribution in [1.29, 1.82) is 0 Å². The highest BCUT2D eigenvalue weighted by Gasteiger charge is 2.23. The van der Waals surface area contributed by atoms with Gasteiger partial charge in [0.1, 0.15) is 0 Å². The van der Waals surface area contributed by atoms with E-state index < -0.39 is 0 Å². The van der Waals surface area contributed by atoms with Gasteiger partial charge >= 0.3 is 0 Å². The molecule has 52 valence electrons. The maximum Gasteiger partial charge on any atom is 0.0146 e. The van der Waals surface area contributed by atoms with Gasteiger partial charge < -0.3 is 0 Å². The lowest BCUT2D eigenvalue weighted by Gasteiger charge is -2.38. The van der Waals surface area contributed by atoms with Crippen LogP contribution in [0.3, 0.4) is 0 Å². The lowest BCUT2D eigenvalue weighted by Crippen LogP contribution is -2.49. The molecule has 0 aliphatic carbocycles. The topological polar surface area (TPSA) is 6.48 Å². The molecule has 0 aromatic carbocycles. The molecule has 0 N–H and O–H groups in total. The molecule has 0 aromatic heterocycles. The van der Waals surface area contributed by atoms with Gasteiger partial charge in [-0.05, 0) is 19.3 Å². The molecule has 0 bridgehead atoms. The van der Waals surface area contributed by atoms with E-state index in [0.29, 0.717) is 0 Å². The van der Waals surface area contributed by atoms with Crippen molar-refractivity contribution in [3.05, 3.63) is 0 Å². The van der Waals surface area contributed by atoms with Gasteiger partial charge in [-0.15, -0.1) is 0 Å². The standard InChI is InChI=1S/C7H14N2/c1-2-5-8(4-1)9-6-3-7-9/h1-7H2. The zero-order chi connectivity index (χ0) is 6.10. The van der Waals surface area contributed by atoms with Gasteiger partial charge in [-0.2, -0.15) is 0 Å². The summed E-state index contributed by atoms with van der Waals surface area (Å²) in [7, 11) is 0. The lowest BCUT2D eigenvalue weighted by molar-refractivity contribution is -0.0539. The fourth-order valence-electron chi connectivity index (χ4n) is 1.57. The first kappa shape index (κ1) is 5.69. The Morgan fingerprint density at radius 3 is 1.33 bits per heavy atom. The molecule has 2 aliphatic heterocycles. The summed E-state index contributed by atoms with van der Waals surface area (Å²) in [6.07, 6.45) is 4.24. The van der Waals surface area contributed by atoms with Crippen molar-refractivity contribution >= 4 is 0 Å². The van der Waals surface area contributed by atoms with Crippen molar-refractivity contribution in [2.75, 3.05) is 26.2 Å². The van der Waals surface area contributed by atoms with Crippen LogP contribution in [-0.4, -0.2) is 36.2 Å². The van der Waals surface area contributed by atoms with Gasteiger partial charge in [-0.25, -0.2) is 10.0 Å². The summed E-state index contributed by atoms with van der Waals surface area (Å²) in [4.78, 5) is 0. The van der Waals surface area contributed by atoms with E-state index in [1.54, 1.807) is 0 Å². The molecule has 2 heterocycles. The van der Waals surface area contributed by atoms with Crippen LogP contribution in [0.1, 0.15) is 19.3 Å². The second kappa shape index (κ2) is 2.27. The molecule has 2 rings (SSSR count). The number of hydrogen-bond acceptors (Lipinski definition) is 2. The van der Waals surface area contributed by atoms with E-state index in [9.17, 15) is 0 Å². The third kappa shape index (κ3) is 0.970. The van der Waals surface area contributed by atoms with Crippen molar-refractivity contribution < 1.29 is 0 Å². The Balaban J connectivity index is 1.82. The Morgan fingerprint density at radius 1 is 0.556 bits per heavy atom. The average Bonchev–Trinajstić information content (AvgIpc) is 2.11. The Morgan fingerprint density at radius 2 is 1.00 bits per heavy atom. The SMILES string of the molecule is C1CCN(N2CCC2)C1. The molecule has 0 amide bonds. The second-order valence-electron chi connectivity index (χ2n) is 2.97. The van der Waals surface area contributed by atoms with Crippen LogP contribution < -0.4 is 0 Å². The zero-order valence-electron chi connectivity index (χ0n) is 5.84. The van der Waals surface area contributed by atoms with Crippen molar-refractivity contribution in [3.8, 4) is 0 Å². The van der Waals surface area contributed by atoms with E-state index in [1.807, 2.05) is 0 Å². The molecular weight excluding hydrogens is 112 g/mol. The van der Waals surface area contributed by atoms with Gasteiger partial charge in [0, 0.05) is 26.2 Å². The molecule has 2 saturated heterocycles. The summed E-state index contributed by atoms with van der Waals surface area (Å²) < 4.78 is 0. The Kier molecular flexibility index (Phi) is 1.44. The third-order valence-corrected chi connectivity index (χ3v) is 2.31. The molecule has 2 fully saturated rings. The van der Waals surface area contributed by atoms with Crippen molar-refractivity contribution in [2.24, 2.45) is 0 Å². The first-order valence-corrected chi connectivity index (χ1v) is 3.96. The van der Waals surface area contributed by atoms with Crippen LogP contribution in [0.4, 0.5) is 0 Å². The predicted octanol–water partition coefficient (Wildman–Crippen LogP) is 0.703. The highest BCUT2D eigenvalue weighted by atomic mass is 15.6. The van der Waals surface area contributed by atoms with Crippen molar-refractivity contribution in [1.82, 2.24) is 10.0 Å². The van der Waals surface area contributed by atoms with Crippen LogP contribution in [-0.2, 0) is 0 Å². The normalized spacial score (nSPS) is 30.7. The zero-order valence-corrected chi connectivity index (χ0v) is 5.84. The second-order valence-corrected chi connectivity index (χ2v) is 2.97. The number of nitrogens with zero attached hydrogens (tertiary/aromatic N) is 2. The fourth-order valence-corrected chi connectivity index (χ4v) is 1.57. The summed E-state index contributed by atoms with van der Waals surface area (Å²) in [6.45, 7) is 5.28.